The summed E-state index contributed by atoms with van der Waals surface area (Å²) in [6.45, 7) is 2.17. The zero-order chi connectivity index (χ0) is 12.1. The smallest absolute Gasteiger partial charge is 0.211 e. The summed E-state index contributed by atoms with van der Waals surface area (Å²) in [5.74, 6) is 0. The zero-order valence-electron chi connectivity index (χ0n) is 8.99. The van der Waals surface area contributed by atoms with Gasteiger partial charge in [0.2, 0.25) is 6.41 Å². The van der Waals surface area contributed by atoms with E-state index in [1.54, 1.807) is 12.1 Å². The van der Waals surface area contributed by atoms with Gasteiger partial charge < -0.3 is 10.6 Å². The molecule has 1 amide bonds. The highest BCUT2D eigenvalue weighted by Gasteiger charge is 2.16. The minimum absolute atomic E-state index is 0.0581. The summed E-state index contributed by atoms with van der Waals surface area (Å²) in [6, 6.07) is 5.29. The lowest BCUT2D eigenvalue weighted by molar-refractivity contribution is -0.120. The summed E-state index contributed by atoms with van der Waals surface area (Å²) in [5, 5.41) is 0.992. The molecule has 1 unspecified atom stereocenters. The topological polar surface area (TPSA) is 46.3 Å². The van der Waals surface area contributed by atoms with Crippen LogP contribution in [0.1, 0.15) is 24.9 Å². The van der Waals surface area contributed by atoms with Gasteiger partial charge in [0, 0.05) is 0 Å². The summed E-state index contributed by atoms with van der Waals surface area (Å²) < 4.78 is 0. The minimum Gasteiger partial charge on any atom is -0.326 e. The van der Waals surface area contributed by atoms with Gasteiger partial charge in [-0.25, -0.2) is 0 Å². The number of halogens is 2. The van der Waals surface area contributed by atoms with E-state index in [0.717, 1.165) is 18.4 Å². The first-order chi connectivity index (χ1) is 7.63. The van der Waals surface area contributed by atoms with Crippen molar-refractivity contribution < 1.29 is 4.79 Å². The predicted octanol–water partition coefficient (Wildman–Crippen LogP) is 2.82. The predicted molar refractivity (Wildman–Crippen MR) is 66.5 cm³/mol. The van der Waals surface area contributed by atoms with Gasteiger partial charge in [0.1, 0.15) is 0 Å². The first kappa shape index (κ1) is 13.3. The molecule has 0 spiro atoms. The Morgan fingerprint density at radius 1 is 1.44 bits per heavy atom. The van der Waals surface area contributed by atoms with Crippen molar-refractivity contribution in [2.75, 3.05) is 6.67 Å². The van der Waals surface area contributed by atoms with Gasteiger partial charge in [0.15, 0.2) is 0 Å². The second-order valence-electron chi connectivity index (χ2n) is 3.40. The highest BCUT2D eigenvalue weighted by atomic mass is 35.5. The van der Waals surface area contributed by atoms with Crippen LogP contribution in [0.15, 0.2) is 18.2 Å². The molecule has 0 aromatic heterocycles. The molecule has 1 rings (SSSR count). The molecular formula is C11H14Cl2N2O. The summed E-state index contributed by atoms with van der Waals surface area (Å²) >= 11 is 11.8. The first-order valence-corrected chi connectivity index (χ1v) is 5.75. The Balaban J connectivity index is 3.03. The Morgan fingerprint density at radius 2 is 2.12 bits per heavy atom. The van der Waals surface area contributed by atoms with Crippen LogP contribution < -0.4 is 5.73 Å². The van der Waals surface area contributed by atoms with Gasteiger partial charge in [-0.3, -0.25) is 4.79 Å². The van der Waals surface area contributed by atoms with E-state index in [9.17, 15) is 4.79 Å². The molecule has 3 nitrogen and oxygen atoms in total. The third-order valence-corrected chi connectivity index (χ3v) is 3.20. The van der Waals surface area contributed by atoms with Crippen molar-refractivity contribution in [3.05, 3.63) is 33.8 Å². The Hall–Kier alpha value is -0.770. The molecule has 1 atom stereocenters. The van der Waals surface area contributed by atoms with Crippen molar-refractivity contribution in [1.82, 2.24) is 4.90 Å². The van der Waals surface area contributed by atoms with Crippen molar-refractivity contribution in [3.8, 4) is 0 Å². The summed E-state index contributed by atoms with van der Waals surface area (Å²) in [4.78, 5) is 12.4. The second-order valence-corrected chi connectivity index (χ2v) is 4.21. The summed E-state index contributed by atoms with van der Waals surface area (Å²) in [7, 11) is 0. The largest absolute Gasteiger partial charge is 0.326 e. The molecule has 2 N–H and O–H groups in total. The van der Waals surface area contributed by atoms with Crippen molar-refractivity contribution in [2.45, 2.75) is 19.4 Å². The van der Waals surface area contributed by atoms with Crippen molar-refractivity contribution >= 4 is 29.6 Å². The van der Waals surface area contributed by atoms with Gasteiger partial charge in [-0.2, -0.15) is 0 Å². The number of nitrogens with two attached hydrogens (primary N) is 1. The minimum atomic E-state index is -0.0581. The Morgan fingerprint density at radius 3 is 2.56 bits per heavy atom. The number of carbonyl (C=O) groups excluding carboxylic acids is 1. The average molecular weight is 261 g/mol. The normalized spacial score (nSPS) is 12.2. The Kier molecular flexibility index (Phi) is 5.06. The first-order valence-electron chi connectivity index (χ1n) is 5.00. The van der Waals surface area contributed by atoms with Gasteiger partial charge in [0.25, 0.3) is 0 Å². The molecule has 88 valence electrons. The van der Waals surface area contributed by atoms with Gasteiger partial charge in [-0.15, -0.1) is 0 Å². The number of rotatable bonds is 5. The zero-order valence-corrected chi connectivity index (χ0v) is 10.5. The van der Waals surface area contributed by atoms with Crippen LogP contribution >= 0.6 is 23.2 Å². The quantitative estimate of drug-likeness (QED) is 0.654. The maximum atomic E-state index is 10.8. The molecule has 0 radical (unpaired) electrons. The van der Waals surface area contributed by atoms with Gasteiger partial charge in [0.05, 0.1) is 22.8 Å². The highest BCUT2D eigenvalue weighted by molar-refractivity contribution is 6.42. The van der Waals surface area contributed by atoms with Crippen molar-refractivity contribution in [1.29, 1.82) is 0 Å². The fraction of sp³-hybridized carbons (Fsp3) is 0.364. The summed E-state index contributed by atoms with van der Waals surface area (Å²) in [5.41, 5.74) is 6.44. The van der Waals surface area contributed by atoms with Crippen LogP contribution in [0.5, 0.6) is 0 Å². The van der Waals surface area contributed by atoms with Crippen LogP contribution in [-0.2, 0) is 4.79 Å². The molecule has 1 aromatic rings. The molecule has 0 aliphatic carbocycles. The molecule has 1 aromatic carbocycles. The lowest BCUT2D eigenvalue weighted by atomic mass is 10.0. The lowest BCUT2D eigenvalue weighted by Crippen LogP contribution is -2.32. The van der Waals surface area contributed by atoms with Crippen LogP contribution in [-0.4, -0.2) is 18.0 Å². The van der Waals surface area contributed by atoms with E-state index in [4.69, 9.17) is 28.9 Å². The van der Waals surface area contributed by atoms with Crippen LogP contribution in [0.4, 0.5) is 0 Å². The van der Waals surface area contributed by atoms with Crippen LogP contribution in [0, 0.1) is 0 Å². The van der Waals surface area contributed by atoms with E-state index in [2.05, 4.69) is 0 Å². The molecular weight excluding hydrogens is 247 g/mol. The number of nitrogens with zero attached hydrogens (tertiary/aromatic N) is 1. The Labute approximate surface area is 105 Å². The Bertz CT molecular complexity index is 371. The standard InChI is InChI=1S/C11H14Cl2N2O/c1-2-11(15(6-14)7-16)8-3-4-9(12)10(13)5-8/h3-5,7,11H,2,6,14H2,1H3. The highest BCUT2D eigenvalue weighted by Crippen LogP contribution is 2.29. The van der Waals surface area contributed by atoms with E-state index in [1.807, 2.05) is 13.0 Å². The van der Waals surface area contributed by atoms with Crippen LogP contribution in [0.25, 0.3) is 0 Å². The number of carbonyl (C=O) groups is 1. The van der Waals surface area contributed by atoms with Gasteiger partial charge in [-0.05, 0) is 24.1 Å². The fourth-order valence-corrected chi connectivity index (χ4v) is 1.93. The SMILES string of the molecule is CCC(c1ccc(Cl)c(Cl)c1)N(C=O)CN. The van der Waals surface area contributed by atoms with E-state index in [-0.39, 0.29) is 12.7 Å². The fourth-order valence-electron chi connectivity index (χ4n) is 1.63. The molecule has 0 saturated heterocycles. The van der Waals surface area contributed by atoms with Gasteiger partial charge >= 0.3 is 0 Å². The molecule has 5 heteroatoms. The monoisotopic (exact) mass is 260 g/mol. The van der Waals surface area contributed by atoms with Gasteiger partial charge in [-0.1, -0.05) is 36.2 Å². The molecule has 0 fully saturated rings. The molecule has 0 aliphatic heterocycles. The third-order valence-electron chi connectivity index (χ3n) is 2.46. The van der Waals surface area contributed by atoms with Crippen molar-refractivity contribution in [2.24, 2.45) is 5.73 Å². The third kappa shape index (κ3) is 2.88. The van der Waals surface area contributed by atoms with E-state index in [1.165, 1.54) is 4.90 Å². The summed E-state index contributed by atoms with van der Waals surface area (Å²) in [6.07, 6.45) is 1.52. The maximum Gasteiger partial charge on any atom is 0.211 e. The van der Waals surface area contributed by atoms with E-state index >= 15 is 0 Å². The van der Waals surface area contributed by atoms with E-state index < -0.39 is 0 Å². The second kappa shape index (κ2) is 6.09. The average Bonchev–Trinajstić information content (AvgIpc) is 2.29. The number of amides is 1. The van der Waals surface area contributed by atoms with Crippen LogP contribution in [0.3, 0.4) is 0 Å². The molecule has 0 saturated carbocycles. The molecule has 0 heterocycles. The lowest BCUT2D eigenvalue weighted by Gasteiger charge is -2.26. The molecule has 0 aliphatic rings. The van der Waals surface area contributed by atoms with Crippen LogP contribution in [0.2, 0.25) is 10.0 Å². The maximum absolute atomic E-state index is 10.8. The number of benzene rings is 1. The number of hydrogen-bond donors (Lipinski definition) is 1. The van der Waals surface area contributed by atoms with E-state index in [0.29, 0.717) is 10.0 Å². The molecule has 0 bridgehead atoms. The number of hydrogen-bond acceptors (Lipinski definition) is 2. The molecule has 16 heavy (non-hydrogen) atoms. The van der Waals surface area contributed by atoms with Crippen molar-refractivity contribution in [3.63, 3.8) is 0 Å².